The van der Waals surface area contributed by atoms with Crippen LogP contribution < -0.4 is 10.9 Å². The molecule has 4 aromatic heterocycles. The second-order valence-corrected chi connectivity index (χ2v) is 12.3. The number of fused-ring (bicyclic) bond motifs is 2. The van der Waals surface area contributed by atoms with E-state index in [-0.39, 0.29) is 10.9 Å². The Hall–Kier alpha value is -4.02. The predicted octanol–water partition coefficient (Wildman–Crippen LogP) is 6.06. The lowest BCUT2D eigenvalue weighted by molar-refractivity contribution is 0.876. The number of aromatic nitrogens is 6. The molecular formula is C30H28N6O2S2. The van der Waals surface area contributed by atoms with Gasteiger partial charge in [-0.05, 0) is 52.0 Å². The minimum Gasteiger partial charge on any atom is -0.323 e. The van der Waals surface area contributed by atoms with Gasteiger partial charge in [0, 0.05) is 57.5 Å². The van der Waals surface area contributed by atoms with Crippen LogP contribution in [0.1, 0.15) is 33.6 Å². The Morgan fingerprint density at radius 2 is 1.05 bits per heavy atom. The van der Waals surface area contributed by atoms with Crippen LogP contribution in [0.2, 0.25) is 0 Å². The fourth-order valence-corrected chi connectivity index (χ4v) is 7.18. The monoisotopic (exact) mass is 568 g/mol. The van der Waals surface area contributed by atoms with Crippen molar-refractivity contribution >= 4 is 43.7 Å². The number of nitrogens with zero attached hydrogens (tertiary/aromatic N) is 4. The van der Waals surface area contributed by atoms with Gasteiger partial charge in [0.25, 0.3) is 0 Å². The van der Waals surface area contributed by atoms with Crippen molar-refractivity contribution in [1.29, 1.82) is 0 Å². The molecule has 4 heterocycles. The lowest BCUT2D eigenvalue weighted by Gasteiger charge is -2.16. The first-order valence-corrected chi connectivity index (χ1v) is 15.4. The largest absolute Gasteiger partial charge is 0.323 e. The molecule has 0 spiro atoms. The molecule has 8 nitrogen and oxygen atoms in total. The summed E-state index contributed by atoms with van der Waals surface area (Å²) in [5, 5.41) is 0. The zero-order valence-electron chi connectivity index (χ0n) is 22.6. The van der Waals surface area contributed by atoms with E-state index in [1.54, 1.807) is 21.6 Å². The van der Waals surface area contributed by atoms with Crippen LogP contribution in [0, 0.1) is 27.7 Å². The number of hydrogen-bond donors (Lipinski definition) is 2. The maximum atomic E-state index is 12.9. The zero-order chi connectivity index (χ0) is 28.0. The molecule has 0 aliphatic carbocycles. The molecule has 10 heteroatoms. The number of rotatable bonds is 7. The molecule has 0 amide bonds. The number of H-pyrrole nitrogens is 2. The van der Waals surface area contributed by atoms with Crippen molar-refractivity contribution in [3.05, 3.63) is 115 Å². The Balaban J connectivity index is 1.29. The molecule has 40 heavy (non-hydrogen) atoms. The molecule has 6 aromatic rings. The highest BCUT2D eigenvalue weighted by molar-refractivity contribution is 8.76. The van der Waals surface area contributed by atoms with E-state index < -0.39 is 0 Å². The summed E-state index contributed by atoms with van der Waals surface area (Å²) in [5.41, 5.74) is 8.26. The molecule has 0 bridgehead atoms. The van der Waals surface area contributed by atoms with Gasteiger partial charge in [0.2, 0.25) is 11.9 Å². The molecule has 2 aromatic carbocycles. The third-order valence-electron chi connectivity index (χ3n) is 7.18. The minimum atomic E-state index is 0.0427. The van der Waals surface area contributed by atoms with Gasteiger partial charge in [-0.25, -0.2) is 9.97 Å². The minimum absolute atomic E-state index is 0.0427. The fraction of sp³-hybridized carbons (Fsp3) is 0.200. The van der Waals surface area contributed by atoms with Gasteiger partial charge in [-0.2, -0.15) is 0 Å². The fourth-order valence-electron chi connectivity index (χ4n) is 4.91. The summed E-state index contributed by atoms with van der Waals surface area (Å²) in [6.45, 7) is 7.41. The standard InChI is InChI=1S/C30H28N6O2S2/c1-17-13-35(29-31-21-9-5-6-10-22(21)32-29)25(19(3)27(17)37)15-39-40-16-26-20(4)28(38)18(2)14-36(26)30-33-23-11-7-8-12-24(23)34-30/h5-14H,15-16H2,1-4H3,(H,31,32)(H,33,34). The number of nitrogens with one attached hydrogen (secondary N) is 2. The third kappa shape index (κ3) is 4.67. The summed E-state index contributed by atoms with van der Waals surface area (Å²) in [5.74, 6) is 2.54. The van der Waals surface area contributed by atoms with Gasteiger partial charge >= 0.3 is 0 Å². The number of hydrogen-bond acceptors (Lipinski definition) is 6. The van der Waals surface area contributed by atoms with Crippen molar-refractivity contribution in [3.8, 4) is 11.9 Å². The van der Waals surface area contributed by atoms with Crippen molar-refractivity contribution in [2.45, 2.75) is 39.2 Å². The summed E-state index contributed by atoms with van der Waals surface area (Å²) in [4.78, 5) is 42.1. The molecule has 2 N–H and O–H groups in total. The number of pyridine rings is 2. The molecule has 6 rings (SSSR count). The molecule has 0 saturated heterocycles. The number of benzene rings is 2. The summed E-state index contributed by atoms with van der Waals surface area (Å²) in [6.07, 6.45) is 3.72. The number of aromatic amines is 2. The van der Waals surface area contributed by atoms with E-state index in [4.69, 9.17) is 9.97 Å². The summed E-state index contributed by atoms with van der Waals surface area (Å²) < 4.78 is 3.97. The molecule has 0 unspecified atom stereocenters. The highest BCUT2D eigenvalue weighted by Crippen LogP contribution is 2.32. The van der Waals surface area contributed by atoms with Crippen molar-refractivity contribution in [1.82, 2.24) is 29.1 Å². The molecule has 0 saturated carbocycles. The average Bonchev–Trinajstić information content (AvgIpc) is 3.59. The van der Waals surface area contributed by atoms with Crippen LogP contribution in [0.4, 0.5) is 0 Å². The maximum Gasteiger partial charge on any atom is 0.212 e. The maximum absolute atomic E-state index is 12.9. The first-order valence-electron chi connectivity index (χ1n) is 12.9. The highest BCUT2D eigenvalue weighted by atomic mass is 33.1. The number of aryl methyl sites for hydroxylation is 2. The van der Waals surface area contributed by atoms with Crippen LogP contribution in [0.25, 0.3) is 34.0 Å². The number of imidazole rings is 2. The van der Waals surface area contributed by atoms with E-state index in [9.17, 15) is 9.59 Å². The van der Waals surface area contributed by atoms with E-state index in [2.05, 4.69) is 9.97 Å². The smallest absolute Gasteiger partial charge is 0.212 e. The quantitative estimate of drug-likeness (QED) is 0.179. The van der Waals surface area contributed by atoms with Gasteiger partial charge in [0.1, 0.15) is 0 Å². The highest BCUT2D eigenvalue weighted by Gasteiger charge is 2.17. The number of para-hydroxylation sites is 4. The summed E-state index contributed by atoms with van der Waals surface area (Å²) >= 11 is 0. The van der Waals surface area contributed by atoms with Gasteiger partial charge in [-0.3, -0.25) is 18.7 Å². The van der Waals surface area contributed by atoms with Gasteiger partial charge in [0.15, 0.2) is 10.9 Å². The van der Waals surface area contributed by atoms with Crippen LogP contribution in [0.15, 0.2) is 70.5 Å². The van der Waals surface area contributed by atoms with E-state index >= 15 is 0 Å². The zero-order valence-corrected chi connectivity index (χ0v) is 24.2. The van der Waals surface area contributed by atoms with E-state index in [0.717, 1.165) is 33.5 Å². The first kappa shape index (κ1) is 26.2. The lowest BCUT2D eigenvalue weighted by atomic mass is 10.1. The second-order valence-electron chi connectivity index (χ2n) is 9.85. The lowest BCUT2D eigenvalue weighted by Crippen LogP contribution is -2.19. The van der Waals surface area contributed by atoms with Crippen molar-refractivity contribution in [2.24, 2.45) is 0 Å². The van der Waals surface area contributed by atoms with Crippen LogP contribution in [-0.4, -0.2) is 29.1 Å². The molecule has 0 atom stereocenters. The molecular weight excluding hydrogens is 541 g/mol. The van der Waals surface area contributed by atoms with Gasteiger partial charge in [0.05, 0.1) is 22.1 Å². The molecule has 0 fully saturated rings. The van der Waals surface area contributed by atoms with Crippen LogP contribution in [-0.2, 0) is 11.5 Å². The van der Waals surface area contributed by atoms with E-state index in [1.807, 2.05) is 97.8 Å². The molecule has 0 aliphatic heterocycles. The average molecular weight is 569 g/mol. The second kappa shape index (κ2) is 10.5. The Morgan fingerprint density at radius 1 is 0.650 bits per heavy atom. The van der Waals surface area contributed by atoms with Crippen LogP contribution in [0.3, 0.4) is 0 Å². The summed E-state index contributed by atoms with van der Waals surface area (Å²) in [7, 11) is 3.29. The SMILES string of the molecule is Cc1cn(-c2nc3ccccc3[nH]2)c(CSSCc2c(C)c(=O)c(C)cn2-c2nc3ccccc3[nH]2)c(C)c1=O. The Bertz CT molecular complexity index is 1810. The van der Waals surface area contributed by atoms with Crippen molar-refractivity contribution in [2.75, 3.05) is 0 Å². The Labute approximate surface area is 238 Å². The summed E-state index contributed by atoms with van der Waals surface area (Å²) in [6, 6.07) is 15.8. The molecule has 202 valence electrons. The van der Waals surface area contributed by atoms with Gasteiger partial charge < -0.3 is 9.97 Å². The van der Waals surface area contributed by atoms with Crippen molar-refractivity contribution < 1.29 is 0 Å². The Kier molecular flexibility index (Phi) is 6.89. The Morgan fingerprint density at radius 3 is 1.45 bits per heavy atom. The topological polar surface area (TPSA) is 101 Å². The van der Waals surface area contributed by atoms with E-state index in [1.165, 1.54) is 0 Å². The van der Waals surface area contributed by atoms with E-state index in [0.29, 0.717) is 45.7 Å². The molecule has 0 radical (unpaired) electrons. The van der Waals surface area contributed by atoms with Crippen molar-refractivity contribution in [3.63, 3.8) is 0 Å². The predicted molar refractivity (Wildman–Crippen MR) is 165 cm³/mol. The third-order valence-corrected chi connectivity index (χ3v) is 9.33. The van der Waals surface area contributed by atoms with Gasteiger partial charge in [-0.15, -0.1) is 0 Å². The first-order chi connectivity index (χ1) is 19.3. The van der Waals surface area contributed by atoms with Crippen LogP contribution in [0.5, 0.6) is 0 Å². The van der Waals surface area contributed by atoms with Crippen LogP contribution >= 0.6 is 21.6 Å². The van der Waals surface area contributed by atoms with Gasteiger partial charge in [-0.1, -0.05) is 45.9 Å². The molecule has 0 aliphatic rings. The normalized spacial score (nSPS) is 11.6.